The topological polar surface area (TPSA) is 107 Å². The number of benzene rings is 1. The van der Waals surface area contributed by atoms with E-state index in [2.05, 4.69) is 4.72 Å². The Hall–Kier alpha value is -1.91. The van der Waals surface area contributed by atoms with Crippen molar-refractivity contribution >= 4 is 16.0 Å². The third-order valence-electron chi connectivity index (χ3n) is 3.38. The summed E-state index contributed by atoms with van der Waals surface area (Å²) in [6.07, 6.45) is 1.28. The molecule has 20 heavy (non-hydrogen) atoms. The number of carbonyl (C=O) groups is 1. The molecule has 0 saturated heterocycles. The van der Waals surface area contributed by atoms with Crippen molar-refractivity contribution in [2.24, 2.45) is 5.92 Å². The predicted molar refractivity (Wildman–Crippen MR) is 70.2 cm³/mol. The van der Waals surface area contributed by atoms with Crippen LogP contribution in [0.5, 0.6) is 0 Å². The Labute approximate surface area is 117 Å². The van der Waals surface area contributed by atoms with Gasteiger partial charge in [-0.2, -0.15) is 5.26 Å². The lowest BCUT2D eigenvalue weighted by Crippen LogP contribution is -2.33. The zero-order chi connectivity index (χ0) is 14.8. The number of aliphatic carboxylic acids is 1. The van der Waals surface area contributed by atoms with Gasteiger partial charge in [-0.3, -0.25) is 4.79 Å². The van der Waals surface area contributed by atoms with Gasteiger partial charge in [0.15, 0.2) is 0 Å². The lowest BCUT2D eigenvalue weighted by molar-refractivity contribution is -0.141. The number of rotatable bonds is 4. The minimum atomic E-state index is -3.72. The van der Waals surface area contributed by atoms with Gasteiger partial charge in [-0.05, 0) is 37.5 Å². The highest BCUT2D eigenvalue weighted by Gasteiger charge is 2.32. The van der Waals surface area contributed by atoms with E-state index in [-0.39, 0.29) is 16.5 Å². The number of hydrogen-bond acceptors (Lipinski definition) is 4. The van der Waals surface area contributed by atoms with Crippen LogP contribution in [-0.4, -0.2) is 25.5 Å². The summed E-state index contributed by atoms with van der Waals surface area (Å²) >= 11 is 0. The van der Waals surface area contributed by atoms with Gasteiger partial charge in [-0.25, -0.2) is 13.1 Å². The van der Waals surface area contributed by atoms with Gasteiger partial charge in [-0.1, -0.05) is 6.07 Å². The van der Waals surface area contributed by atoms with Crippen molar-refractivity contribution in [2.75, 3.05) is 0 Å². The van der Waals surface area contributed by atoms with E-state index in [4.69, 9.17) is 10.4 Å². The summed E-state index contributed by atoms with van der Waals surface area (Å²) in [5, 5.41) is 17.7. The molecule has 7 heteroatoms. The van der Waals surface area contributed by atoms with Crippen LogP contribution in [0.2, 0.25) is 0 Å². The lowest BCUT2D eigenvalue weighted by Gasteiger charge is -2.13. The molecule has 2 rings (SSSR count). The van der Waals surface area contributed by atoms with E-state index >= 15 is 0 Å². The molecule has 0 heterocycles. The van der Waals surface area contributed by atoms with Crippen molar-refractivity contribution in [2.45, 2.75) is 30.2 Å². The van der Waals surface area contributed by atoms with Crippen LogP contribution in [0, 0.1) is 17.2 Å². The first-order chi connectivity index (χ1) is 9.42. The highest BCUT2D eigenvalue weighted by molar-refractivity contribution is 7.89. The largest absolute Gasteiger partial charge is 0.481 e. The zero-order valence-corrected chi connectivity index (χ0v) is 11.4. The number of sulfonamides is 1. The standard InChI is InChI=1S/C13H14N2O4S/c14-8-9-2-1-3-12(6-9)20(18,19)15-11-5-4-10(7-11)13(16)17/h1-3,6,10-11,15H,4-5,7H2,(H,16,17). The molecule has 1 fully saturated rings. The number of carboxylic acid groups (broad SMARTS) is 1. The molecule has 0 radical (unpaired) electrons. The summed E-state index contributed by atoms with van der Waals surface area (Å²) in [5.74, 6) is -1.38. The van der Waals surface area contributed by atoms with E-state index in [9.17, 15) is 13.2 Å². The molecule has 6 nitrogen and oxygen atoms in total. The third kappa shape index (κ3) is 3.15. The summed E-state index contributed by atoms with van der Waals surface area (Å²) in [4.78, 5) is 10.9. The fourth-order valence-corrected chi connectivity index (χ4v) is 3.66. The molecule has 1 saturated carbocycles. The maximum Gasteiger partial charge on any atom is 0.306 e. The molecule has 0 aliphatic heterocycles. The molecular formula is C13H14N2O4S. The Morgan fingerprint density at radius 3 is 2.75 bits per heavy atom. The van der Waals surface area contributed by atoms with Crippen molar-refractivity contribution in [1.29, 1.82) is 5.26 Å². The Kier molecular flexibility index (Phi) is 4.06. The quantitative estimate of drug-likeness (QED) is 0.864. The second-order valence-electron chi connectivity index (χ2n) is 4.81. The summed E-state index contributed by atoms with van der Waals surface area (Å²) in [5.41, 5.74) is 0.266. The van der Waals surface area contributed by atoms with E-state index in [1.807, 2.05) is 6.07 Å². The van der Waals surface area contributed by atoms with E-state index < -0.39 is 21.9 Å². The number of nitrogens with zero attached hydrogens (tertiary/aromatic N) is 1. The number of nitriles is 1. The Balaban J connectivity index is 2.12. The lowest BCUT2D eigenvalue weighted by atomic mass is 10.1. The van der Waals surface area contributed by atoms with Crippen LogP contribution in [0.3, 0.4) is 0 Å². The van der Waals surface area contributed by atoms with Gasteiger partial charge in [0.1, 0.15) is 0 Å². The summed E-state index contributed by atoms with van der Waals surface area (Å²) in [6.45, 7) is 0. The number of hydrogen-bond donors (Lipinski definition) is 2. The van der Waals surface area contributed by atoms with Crippen LogP contribution < -0.4 is 4.72 Å². The molecular weight excluding hydrogens is 280 g/mol. The summed E-state index contributed by atoms with van der Waals surface area (Å²) < 4.78 is 26.8. The van der Waals surface area contributed by atoms with Gasteiger partial charge in [0.2, 0.25) is 10.0 Å². The Morgan fingerprint density at radius 1 is 1.40 bits per heavy atom. The van der Waals surface area contributed by atoms with Crippen LogP contribution >= 0.6 is 0 Å². The van der Waals surface area contributed by atoms with Gasteiger partial charge in [0.25, 0.3) is 0 Å². The monoisotopic (exact) mass is 294 g/mol. The molecule has 1 aliphatic rings. The maximum absolute atomic E-state index is 12.2. The predicted octanol–water partition coefficient (Wildman–Crippen LogP) is 1.09. The fourth-order valence-electron chi connectivity index (χ4n) is 2.33. The molecule has 1 aromatic rings. The molecule has 2 atom stereocenters. The van der Waals surface area contributed by atoms with Crippen molar-refractivity contribution in [3.8, 4) is 6.07 Å². The molecule has 1 aromatic carbocycles. The van der Waals surface area contributed by atoms with Crippen molar-refractivity contribution in [1.82, 2.24) is 4.72 Å². The highest BCUT2D eigenvalue weighted by atomic mass is 32.2. The molecule has 106 valence electrons. The molecule has 0 spiro atoms. The highest BCUT2D eigenvalue weighted by Crippen LogP contribution is 2.27. The van der Waals surface area contributed by atoms with E-state index in [1.165, 1.54) is 24.3 Å². The minimum absolute atomic E-state index is 0.0234. The van der Waals surface area contributed by atoms with Gasteiger partial charge in [0, 0.05) is 6.04 Å². The molecule has 2 N–H and O–H groups in total. The van der Waals surface area contributed by atoms with Crippen LogP contribution in [0.25, 0.3) is 0 Å². The summed E-state index contributed by atoms with van der Waals surface area (Å²) in [6, 6.07) is 7.25. The molecule has 0 bridgehead atoms. The number of nitrogens with one attached hydrogen (secondary N) is 1. The van der Waals surface area contributed by atoms with Crippen molar-refractivity contribution in [3.63, 3.8) is 0 Å². The van der Waals surface area contributed by atoms with Gasteiger partial charge in [-0.15, -0.1) is 0 Å². The smallest absolute Gasteiger partial charge is 0.306 e. The average Bonchev–Trinajstić information content (AvgIpc) is 2.87. The first kappa shape index (κ1) is 14.5. The first-order valence-corrected chi connectivity index (χ1v) is 7.66. The number of carboxylic acids is 1. The average molecular weight is 294 g/mol. The third-order valence-corrected chi connectivity index (χ3v) is 4.90. The van der Waals surface area contributed by atoms with Gasteiger partial charge in [0.05, 0.1) is 22.4 Å². The molecule has 0 amide bonds. The Morgan fingerprint density at radius 2 is 2.15 bits per heavy atom. The minimum Gasteiger partial charge on any atom is -0.481 e. The van der Waals surface area contributed by atoms with Crippen molar-refractivity contribution < 1.29 is 18.3 Å². The van der Waals surface area contributed by atoms with E-state index in [1.54, 1.807) is 0 Å². The fraction of sp³-hybridized carbons (Fsp3) is 0.385. The normalized spacial score (nSPS) is 22.4. The first-order valence-electron chi connectivity index (χ1n) is 6.17. The van der Waals surface area contributed by atoms with Crippen LogP contribution in [0.1, 0.15) is 24.8 Å². The molecule has 2 unspecified atom stereocenters. The SMILES string of the molecule is N#Cc1cccc(S(=O)(=O)NC2CCC(C(=O)O)C2)c1. The Bertz CT molecular complexity index is 663. The molecule has 1 aliphatic carbocycles. The van der Waals surface area contributed by atoms with Gasteiger partial charge >= 0.3 is 5.97 Å². The van der Waals surface area contributed by atoms with E-state index in [0.29, 0.717) is 19.3 Å². The second-order valence-corrected chi connectivity index (χ2v) is 6.52. The van der Waals surface area contributed by atoms with Crippen LogP contribution in [0.15, 0.2) is 29.2 Å². The van der Waals surface area contributed by atoms with E-state index in [0.717, 1.165) is 0 Å². The molecule has 0 aromatic heterocycles. The van der Waals surface area contributed by atoms with Crippen LogP contribution in [0.4, 0.5) is 0 Å². The summed E-state index contributed by atoms with van der Waals surface area (Å²) in [7, 11) is -3.72. The van der Waals surface area contributed by atoms with Crippen LogP contribution in [-0.2, 0) is 14.8 Å². The van der Waals surface area contributed by atoms with Gasteiger partial charge < -0.3 is 5.11 Å². The zero-order valence-electron chi connectivity index (χ0n) is 10.6. The second kappa shape index (κ2) is 5.61. The maximum atomic E-state index is 12.2. The van der Waals surface area contributed by atoms with Crippen molar-refractivity contribution in [3.05, 3.63) is 29.8 Å².